The monoisotopic (exact) mass is 205 g/mol. The molecule has 2 atom stereocenters. The van der Waals surface area contributed by atoms with E-state index in [0.29, 0.717) is 5.75 Å². The fourth-order valence-corrected chi connectivity index (χ4v) is 1.85. The van der Waals surface area contributed by atoms with Crippen LogP contribution >= 0.6 is 25.3 Å². The summed E-state index contributed by atoms with van der Waals surface area (Å²) in [6.07, 6.45) is 0.860. The fraction of sp³-hybridized carbons (Fsp3) is 0.875. The van der Waals surface area contributed by atoms with Crippen molar-refractivity contribution in [2.75, 3.05) is 5.75 Å². The Morgan fingerprint density at radius 3 is 2.50 bits per heavy atom. The predicted molar refractivity (Wildman–Crippen MR) is 57.0 cm³/mol. The number of rotatable bonds is 2. The maximum atomic E-state index is 11.3. The van der Waals surface area contributed by atoms with E-state index in [1.807, 2.05) is 13.8 Å². The molecule has 0 radical (unpaired) electrons. The molecule has 12 heavy (non-hydrogen) atoms. The molecule has 1 aliphatic rings. The van der Waals surface area contributed by atoms with Crippen LogP contribution in [0.5, 0.6) is 0 Å². The first-order valence-corrected chi connectivity index (χ1v) is 5.16. The normalized spacial score (nSPS) is 30.5. The third-order valence-electron chi connectivity index (χ3n) is 2.28. The Labute approximate surface area is 84.3 Å². The lowest BCUT2D eigenvalue weighted by Crippen LogP contribution is -2.40. The van der Waals surface area contributed by atoms with Crippen molar-refractivity contribution in [2.24, 2.45) is 5.92 Å². The van der Waals surface area contributed by atoms with E-state index in [2.05, 4.69) is 30.6 Å². The SMILES string of the molecule is CC(C)(S)[C@H]1C[C@@H](CS)C(=O)N1. The van der Waals surface area contributed by atoms with Crippen molar-refractivity contribution < 1.29 is 4.79 Å². The topological polar surface area (TPSA) is 29.1 Å². The van der Waals surface area contributed by atoms with Crippen molar-refractivity contribution in [3.63, 3.8) is 0 Å². The van der Waals surface area contributed by atoms with Crippen LogP contribution in [0.2, 0.25) is 0 Å². The molecule has 1 aliphatic heterocycles. The molecule has 1 amide bonds. The van der Waals surface area contributed by atoms with Gasteiger partial charge in [0.25, 0.3) is 0 Å². The van der Waals surface area contributed by atoms with Crippen molar-refractivity contribution in [1.82, 2.24) is 5.32 Å². The third-order valence-corrected chi connectivity index (χ3v) is 3.03. The highest BCUT2D eigenvalue weighted by atomic mass is 32.1. The highest BCUT2D eigenvalue weighted by Gasteiger charge is 2.37. The molecule has 0 spiro atoms. The van der Waals surface area contributed by atoms with Crippen LogP contribution in [-0.4, -0.2) is 22.4 Å². The minimum atomic E-state index is -0.132. The summed E-state index contributed by atoms with van der Waals surface area (Å²) in [5, 5.41) is 2.93. The van der Waals surface area contributed by atoms with E-state index >= 15 is 0 Å². The molecular formula is C8H15NOS2. The fourth-order valence-electron chi connectivity index (χ4n) is 1.36. The van der Waals surface area contributed by atoms with Crippen molar-refractivity contribution >= 4 is 31.2 Å². The van der Waals surface area contributed by atoms with Gasteiger partial charge in [-0.2, -0.15) is 25.3 Å². The molecule has 0 aromatic heterocycles. The molecule has 1 heterocycles. The summed E-state index contributed by atoms with van der Waals surface area (Å²) in [4.78, 5) is 11.3. The first kappa shape index (κ1) is 10.3. The van der Waals surface area contributed by atoms with E-state index in [0.717, 1.165) is 6.42 Å². The van der Waals surface area contributed by atoms with Gasteiger partial charge in [-0.05, 0) is 20.3 Å². The van der Waals surface area contributed by atoms with Gasteiger partial charge in [0, 0.05) is 22.5 Å². The van der Waals surface area contributed by atoms with Gasteiger partial charge < -0.3 is 5.32 Å². The Morgan fingerprint density at radius 2 is 2.25 bits per heavy atom. The second-order valence-electron chi connectivity index (χ2n) is 3.83. The van der Waals surface area contributed by atoms with Crippen LogP contribution in [0, 0.1) is 5.92 Å². The number of carbonyl (C=O) groups excluding carboxylic acids is 1. The van der Waals surface area contributed by atoms with Crippen LogP contribution in [0.15, 0.2) is 0 Å². The average molecular weight is 205 g/mol. The number of nitrogens with one attached hydrogen (secondary N) is 1. The van der Waals surface area contributed by atoms with E-state index in [-0.39, 0.29) is 22.6 Å². The quantitative estimate of drug-likeness (QED) is 0.580. The first-order chi connectivity index (χ1) is 5.45. The van der Waals surface area contributed by atoms with Gasteiger partial charge >= 0.3 is 0 Å². The molecule has 0 bridgehead atoms. The highest BCUT2D eigenvalue weighted by molar-refractivity contribution is 7.81. The van der Waals surface area contributed by atoms with Crippen LogP contribution in [0.1, 0.15) is 20.3 Å². The summed E-state index contributed by atoms with van der Waals surface area (Å²) in [6, 6.07) is 0.186. The Kier molecular flexibility index (Phi) is 2.99. The van der Waals surface area contributed by atoms with Gasteiger partial charge in [0.15, 0.2) is 0 Å². The standard InChI is InChI=1S/C8H15NOS2/c1-8(2,12)6-3-5(4-11)7(10)9-6/h5-6,11-12H,3-4H2,1-2H3,(H,9,10)/t5-,6+/m0/s1. The van der Waals surface area contributed by atoms with Gasteiger partial charge in [-0.1, -0.05) is 0 Å². The molecule has 4 heteroatoms. The molecule has 2 nitrogen and oxygen atoms in total. The van der Waals surface area contributed by atoms with Gasteiger partial charge in [-0.25, -0.2) is 0 Å². The third kappa shape index (κ3) is 2.10. The number of amides is 1. The maximum absolute atomic E-state index is 11.3. The second-order valence-corrected chi connectivity index (χ2v) is 5.35. The Hall–Kier alpha value is 0.170. The number of hydrogen-bond donors (Lipinski definition) is 3. The van der Waals surface area contributed by atoms with Crippen molar-refractivity contribution in [3.8, 4) is 0 Å². The van der Waals surface area contributed by atoms with E-state index in [9.17, 15) is 4.79 Å². The summed E-state index contributed by atoms with van der Waals surface area (Å²) in [6.45, 7) is 4.03. The van der Waals surface area contributed by atoms with Crippen molar-refractivity contribution in [1.29, 1.82) is 0 Å². The smallest absolute Gasteiger partial charge is 0.224 e. The lowest BCUT2D eigenvalue weighted by atomic mass is 9.98. The molecule has 1 saturated heterocycles. The zero-order valence-electron chi connectivity index (χ0n) is 7.37. The van der Waals surface area contributed by atoms with E-state index < -0.39 is 0 Å². The number of carbonyl (C=O) groups is 1. The summed E-state index contributed by atoms with van der Waals surface area (Å²) < 4.78 is -0.132. The van der Waals surface area contributed by atoms with Gasteiger partial charge in [-0.15, -0.1) is 0 Å². The van der Waals surface area contributed by atoms with Crippen LogP contribution in [0.25, 0.3) is 0 Å². The Balaban J connectivity index is 2.60. The molecule has 1 rings (SSSR count). The van der Waals surface area contributed by atoms with E-state index in [1.54, 1.807) is 0 Å². The van der Waals surface area contributed by atoms with Crippen molar-refractivity contribution in [2.45, 2.75) is 31.1 Å². The van der Waals surface area contributed by atoms with E-state index in [1.165, 1.54) is 0 Å². The lowest BCUT2D eigenvalue weighted by molar-refractivity contribution is -0.122. The molecule has 0 unspecified atom stereocenters. The number of thiol groups is 2. The molecule has 70 valence electrons. The first-order valence-electron chi connectivity index (χ1n) is 4.08. The summed E-state index contributed by atoms with van der Waals surface area (Å²) in [7, 11) is 0. The summed E-state index contributed by atoms with van der Waals surface area (Å²) >= 11 is 8.56. The molecule has 0 saturated carbocycles. The minimum absolute atomic E-state index is 0.0739. The van der Waals surface area contributed by atoms with Crippen molar-refractivity contribution in [3.05, 3.63) is 0 Å². The van der Waals surface area contributed by atoms with Gasteiger partial charge in [0.05, 0.1) is 0 Å². The van der Waals surface area contributed by atoms with Crippen LogP contribution < -0.4 is 5.32 Å². The Morgan fingerprint density at radius 1 is 1.67 bits per heavy atom. The zero-order chi connectivity index (χ0) is 9.35. The zero-order valence-corrected chi connectivity index (χ0v) is 9.16. The maximum Gasteiger partial charge on any atom is 0.224 e. The van der Waals surface area contributed by atoms with Crippen LogP contribution in [0.4, 0.5) is 0 Å². The average Bonchev–Trinajstić information content (AvgIpc) is 2.29. The molecule has 0 aliphatic carbocycles. The number of hydrogen-bond acceptors (Lipinski definition) is 3. The Bertz CT molecular complexity index is 188. The van der Waals surface area contributed by atoms with Gasteiger partial charge in [0.2, 0.25) is 5.91 Å². The largest absolute Gasteiger partial charge is 0.352 e. The predicted octanol–water partition coefficient (Wildman–Crippen LogP) is 1.13. The van der Waals surface area contributed by atoms with E-state index in [4.69, 9.17) is 0 Å². The van der Waals surface area contributed by atoms with Crippen LogP contribution in [-0.2, 0) is 4.79 Å². The van der Waals surface area contributed by atoms with Crippen LogP contribution in [0.3, 0.4) is 0 Å². The summed E-state index contributed by atoms with van der Waals surface area (Å²) in [5.41, 5.74) is 0. The summed E-state index contributed by atoms with van der Waals surface area (Å²) in [5.74, 6) is 0.827. The minimum Gasteiger partial charge on any atom is -0.352 e. The highest BCUT2D eigenvalue weighted by Crippen LogP contribution is 2.28. The second kappa shape index (κ2) is 3.50. The van der Waals surface area contributed by atoms with Gasteiger partial charge in [0.1, 0.15) is 0 Å². The molecule has 0 aromatic carbocycles. The molecular weight excluding hydrogens is 190 g/mol. The molecule has 1 N–H and O–H groups in total. The molecule has 1 fully saturated rings. The lowest BCUT2D eigenvalue weighted by Gasteiger charge is -2.25. The van der Waals surface area contributed by atoms with Gasteiger partial charge in [-0.3, -0.25) is 4.79 Å². The molecule has 0 aromatic rings.